The van der Waals surface area contributed by atoms with Crippen LogP contribution < -0.4 is 0 Å². The molecule has 0 nitrogen and oxygen atoms in total. The standard InChI is InChI=1S/C8H16ClP/c9-8-4-1-2-6-10-7-3-5-8/h8,10H,1-7H2. The Morgan fingerprint density at radius 3 is 2.60 bits per heavy atom. The molecule has 0 bridgehead atoms. The fraction of sp³-hybridized carbons (Fsp3) is 1.00. The van der Waals surface area contributed by atoms with Gasteiger partial charge in [0.2, 0.25) is 0 Å². The van der Waals surface area contributed by atoms with Gasteiger partial charge in [-0.15, -0.1) is 20.2 Å². The van der Waals surface area contributed by atoms with Gasteiger partial charge < -0.3 is 0 Å². The first kappa shape index (κ1) is 8.81. The smallest absolute Gasteiger partial charge is 0.0336 e. The largest absolute Gasteiger partial charge is 0.123 e. The lowest BCUT2D eigenvalue weighted by molar-refractivity contribution is 0.644. The fourth-order valence-electron chi connectivity index (χ4n) is 1.33. The first-order valence-electron chi connectivity index (χ1n) is 4.24. The fourth-order valence-corrected chi connectivity index (χ4v) is 2.85. The van der Waals surface area contributed by atoms with Crippen LogP contribution in [0.15, 0.2) is 0 Å². The van der Waals surface area contributed by atoms with Gasteiger partial charge in [-0.1, -0.05) is 6.42 Å². The van der Waals surface area contributed by atoms with Crippen molar-refractivity contribution >= 4 is 20.2 Å². The predicted molar refractivity (Wildman–Crippen MR) is 50.8 cm³/mol. The van der Waals surface area contributed by atoms with Crippen LogP contribution >= 0.6 is 20.2 Å². The number of hydrogen-bond donors (Lipinski definition) is 0. The van der Waals surface area contributed by atoms with Gasteiger partial charge in [-0.2, -0.15) is 0 Å². The minimum atomic E-state index is 0.489. The summed E-state index contributed by atoms with van der Waals surface area (Å²) >= 11 is 6.07. The van der Waals surface area contributed by atoms with Gasteiger partial charge in [0.05, 0.1) is 0 Å². The molecule has 0 aromatic carbocycles. The average molecular weight is 179 g/mol. The van der Waals surface area contributed by atoms with Crippen molar-refractivity contribution in [3.8, 4) is 0 Å². The van der Waals surface area contributed by atoms with Crippen LogP contribution in [0.1, 0.15) is 32.1 Å². The molecule has 10 heavy (non-hydrogen) atoms. The summed E-state index contributed by atoms with van der Waals surface area (Å²) < 4.78 is 0. The molecule has 1 rings (SSSR count). The SMILES string of the molecule is ClC1CCCCPCCC1. The second-order valence-corrected chi connectivity index (χ2v) is 5.10. The number of alkyl halides is 1. The van der Waals surface area contributed by atoms with Gasteiger partial charge in [-0.25, -0.2) is 0 Å². The second-order valence-electron chi connectivity index (χ2n) is 2.99. The maximum Gasteiger partial charge on any atom is 0.0336 e. The van der Waals surface area contributed by atoms with Crippen molar-refractivity contribution in [2.24, 2.45) is 0 Å². The summed E-state index contributed by atoms with van der Waals surface area (Å²) in [7, 11) is 1.22. The van der Waals surface area contributed by atoms with Crippen LogP contribution in [0.2, 0.25) is 0 Å². The van der Waals surface area contributed by atoms with Crippen molar-refractivity contribution in [1.82, 2.24) is 0 Å². The molecule has 0 spiro atoms. The van der Waals surface area contributed by atoms with Crippen LogP contribution in [0.25, 0.3) is 0 Å². The maximum atomic E-state index is 6.07. The third kappa shape index (κ3) is 3.78. The van der Waals surface area contributed by atoms with Gasteiger partial charge in [0.25, 0.3) is 0 Å². The zero-order chi connectivity index (χ0) is 7.23. The first-order valence-corrected chi connectivity index (χ1v) is 6.09. The van der Waals surface area contributed by atoms with Crippen molar-refractivity contribution in [2.75, 3.05) is 12.3 Å². The molecular formula is C8H16ClP. The van der Waals surface area contributed by atoms with E-state index in [2.05, 4.69) is 0 Å². The van der Waals surface area contributed by atoms with Gasteiger partial charge in [-0.3, -0.25) is 0 Å². The summed E-state index contributed by atoms with van der Waals surface area (Å²) in [6.45, 7) is 0. The van der Waals surface area contributed by atoms with Crippen LogP contribution in [-0.2, 0) is 0 Å². The molecule has 0 aliphatic carbocycles. The first-order chi connectivity index (χ1) is 4.89. The Kier molecular flexibility index (Phi) is 4.74. The summed E-state index contributed by atoms with van der Waals surface area (Å²) in [6, 6.07) is 0. The lowest BCUT2D eigenvalue weighted by Crippen LogP contribution is -1.97. The summed E-state index contributed by atoms with van der Waals surface area (Å²) in [6.07, 6.45) is 9.56. The summed E-state index contributed by atoms with van der Waals surface area (Å²) in [5.74, 6) is 0. The van der Waals surface area contributed by atoms with Crippen molar-refractivity contribution < 1.29 is 0 Å². The van der Waals surface area contributed by atoms with Crippen molar-refractivity contribution in [2.45, 2.75) is 37.5 Å². The van der Waals surface area contributed by atoms with E-state index in [4.69, 9.17) is 11.6 Å². The molecule has 1 saturated heterocycles. The van der Waals surface area contributed by atoms with Crippen LogP contribution in [0.5, 0.6) is 0 Å². The number of hydrogen-bond acceptors (Lipinski definition) is 0. The number of halogens is 1. The molecule has 0 N–H and O–H groups in total. The Hall–Kier alpha value is 0.720. The number of rotatable bonds is 0. The highest BCUT2D eigenvalue weighted by atomic mass is 35.5. The molecular weight excluding hydrogens is 163 g/mol. The quantitative estimate of drug-likeness (QED) is 0.395. The zero-order valence-electron chi connectivity index (χ0n) is 6.41. The molecule has 1 aliphatic rings. The van der Waals surface area contributed by atoms with E-state index in [0.717, 1.165) is 0 Å². The molecule has 0 amide bonds. The van der Waals surface area contributed by atoms with Gasteiger partial charge in [0.1, 0.15) is 0 Å². The third-order valence-electron chi connectivity index (χ3n) is 1.99. The zero-order valence-corrected chi connectivity index (χ0v) is 8.16. The Labute approximate surface area is 70.5 Å². The molecule has 0 saturated carbocycles. The van der Waals surface area contributed by atoms with E-state index in [1.807, 2.05) is 0 Å². The summed E-state index contributed by atoms with van der Waals surface area (Å²) in [5.41, 5.74) is 0. The van der Waals surface area contributed by atoms with Crippen molar-refractivity contribution in [3.05, 3.63) is 0 Å². The molecule has 2 unspecified atom stereocenters. The Balaban J connectivity index is 2.15. The Morgan fingerprint density at radius 2 is 1.70 bits per heavy atom. The molecule has 1 heterocycles. The predicted octanol–water partition coefficient (Wildman–Crippen LogP) is 3.24. The lowest BCUT2D eigenvalue weighted by Gasteiger charge is -2.04. The van der Waals surface area contributed by atoms with Gasteiger partial charge in [0, 0.05) is 5.38 Å². The summed E-state index contributed by atoms with van der Waals surface area (Å²) in [5, 5.41) is 0.489. The van der Waals surface area contributed by atoms with E-state index in [1.165, 1.54) is 53.0 Å². The third-order valence-corrected chi connectivity index (χ3v) is 3.84. The van der Waals surface area contributed by atoms with E-state index < -0.39 is 0 Å². The van der Waals surface area contributed by atoms with Crippen molar-refractivity contribution in [1.29, 1.82) is 0 Å². The highest BCUT2D eigenvalue weighted by molar-refractivity contribution is 7.37. The minimum Gasteiger partial charge on any atom is -0.123 e. The van der Waals surface area contributed by atoms with Crippen molar-refractivity contribution in [3.63, 3.8) is 0 Å². The Morgan fingerprint density at radius 1 is 1.00 bits per heavy atom. The highest BCUT2D eigenvalue weighted by Crippen LogP contribution is 2.23. The topological polar surface area (TPSA) is 0 Å². The molecule has 1 aliphatic heterocycles. The van der Waals surface area contributed by atoms with Gasteiger partial charge in [-0.05, 0) is 38.0 Å². The van der Waals surface area contributed by atoms with Gasteiger partial charge in [0.15, 0.2) is 0 Å². The van der Waals surface area contributed by atoms with E-state index in [-0.39, 0.29) is 0 Å². The maximum absolute atomic E-state index is 6.07. The van der Waals surface area contributed by atoms with Crippen LogP contribution in [0.3, 0.4) is 0 Å². The average Bonchev–Trinajstić information content (AvgIpc) is 2.02. The lowest BCUT2D eigenvalue weighted by atomic mass is 10.1. The van der Waals surface area contributed by atoms with E-state index in [1.54, 1.807) is 0 Å². The Bertz CT molecular complexity index is 75.3. The van der Waals surface area contributed by atoms with E-state index in [0.29, 0.717) is 5.38 Å². The van der Waals surface area contributed by atoms with E-state index >= 15 is 0 Å². The monoisotopic (exact) mass is 178 g/mol. The molecule has 0 aromatic rings. The van der Waals surface area contributed by atoms with E-state index in [9.17, 15) is 0 Å². The van der Waals surface area contributed by atoms with Gasteiger partial charge >= 0.3 is 0 Å². The molecule has 60 valence electrons. The molecule has 0 aromatic heterocycles. The van der Waals surface area contributed by atoms with Crippen LogP contribution in [0, 0.1) is 0 Å². The summed E-state index contributed by atoms with van der Waals surface area (Å²) in [4.78, 5) is 0. The second kappa shape index (κ2) is 5.38. The highest BCUT2D eigenvalue weighted by Gasteiger charge is 2.05. The molecule has 2 atom stereocenters. The van der Waals surface area contributed by atoms with Crippen LogP contribution in [-0.4, -0.2) is 17.7 Å². The van der Waals surface area contributed by atoms with Crippen LogP contribution in [0.4, 0.5) is 0 Å². The molecule has 0 radical (unpaired) electrons. The minimum absolute atomic E-state index is 0.489. The molecule has 1 fully saturated rings. The molecule has 2 heteroatoms. The normalized spacial score (nSPS) is 32.7.